The Bertz CT molecular complexity index is 650. The summed E-state index contributed by atoms with van der Waals surface area (Å²) in [4.78, 5) is 11.2. The number of hydrogen-bond acceptors (Lipinski definition) is 5. The minimum absolute atomic E-state index is 0.260. The highest BCUT2D eigenvalue weighted by atomic mass is 79.9. The van der Waals surface area contributed by atoms with Crippen molar-refractivity contribution in [1.82, 2.24) is 15.5 Å². The maximum Gasteiger partial charge on any atom is 0.323 e. The van der Waals surface area contributed by atoms with Crippen LogP contribution in [-0.2, 0) is 11.3 Å². The summed E-state index contributed by atoms with van der Waals surface area (Å²) in [7, 11) is 0. The van der Waals surface area contributed by atoms with Crippen LogP contribution in [0.5, 0.6) is 0 Å². The lowest BCUT2D eigenvalue weighted by Gasteiger charge is -2.38. The van der Waals surface area contributed by atoms with E-state index < -0.39 is 11.5 Å². The molecule has 1 aromatic heterocycles. The number of nitrogens with one attached hydrogen (secondary N) is 1. The van der Waals surface area contributed by atoms with E-state index >= 15 is 0 Å². The number of rotatable bonds is 5. The van der Waals surface area contributed by atoms with E-state index in [1.54, 1.807) is 0 Å². The van der Waals surface area contributed by atoms with Crippen LogP contribution in [0, 0.1) is 0 Å². The Morgan fingerprint density at radius 2 is 2.05 bits per heavy atom. The number of aliphatic carboxylic acids is 1. The van der Waals surface area contributed by atoms with Gasteiger partial charge in [0, 0.05) is 10.0 Å². The third-order valence-electron chi connectivity index (χ3n) is 3.75. The first-order valence-corrected chi connectivity index (χ1v) is 7.45. The highest BCUT2D eigenvalue weighted by molar-refractivity contribution is 9.10. The fourth-order valence-electron chi connectivity index (χ4n) is 2.28. The van der Waals surface area contributed by atoms with E-state index in [2.05, 4.69) is 31.4 Å². The Labute approximate surface area is 129 Å². The molecule has 7 heteroatoms. The molecule has 0 saturated heterocycles. The number of hydrogen-bond donors (Lipinski definition) is 2. The highest BCUT2D eigenvalue weighted by Crippen LogP contribution is 2.32. The van der Waals surface area contributed by atoms with Crippen molar-refractivity contribution in [3.05, 3.63) is 34.6 Å². The van der Waals surface area contributed by atoms with Gasteiger partial charge >= 0.3 is 5.97 Å². The summed E-state index contributed by atoms with van der Waals surface area (Å²) in [6, 6.07) is 7.54. The summed E-state index contributed by atoms with van der Waals surface area (Å²) >= 11 is 3.37. The lowest BCUT2D eigenvalue weighted by molar-refractivity contribution is -0.149. The van der Waals surface area contributed by atoms with Crippen LogP contribution < -0.4 is 5.32 Å². The number of aromatic nitrogens is 2. The van der Waals surface area contributed by atoms with Gasteiger partial charge in [-0.05, 0) is 43.5 Å². The van der Waals surface area contributed by atoms with Crippen LogP contribution in [0.25, 0.3) is 11.5 Å². The topological polar surface area (TPSA) is 88.2 Å². The van der Waals surface area contributed by atoms with Gasteiger partial charge in [-0.25, -0.2) is 0 Å². The summed E-state index contributed by atoms with van der Waals surface area (Å²) in [5.41, 5.74) is 0.000215. The van der Waals surface area contributed by atoms with Gasteiger partial charge in [-0.15, -0.1) is 10.2 Å². The van der Waals surface area contributed by atoms with Gasteiger partial charge in [0.15, 0.2) is 0 Å². The standard InChI is InChI=1S/C14H14BrN3O3/c15-10-4-2-9(3-5-10)12-18-17-11(21-12)8-16-14(13(19)20)6-1-7-14/h2-5,16H,1,6-8H2,(H,19,20). The van der Waals surface area contributed by atoms with Crippen LogP contribution in [-0.4, -0.2) is 26.8 Å². The third kappa shape index (κ3) is 2.84. The van der Waals surface area contributed by atoms with E-state index in [4.69, 9.17) is 4.42 Å². The second kappa shape index (κ2) is 5.57. The monoisotopic (exact) mass is 351 g/mol. The van der Waals surface area contributed by atoms with E-state index in [9.17, 15) is 9.90 Å². The molecule has 1 aliphatic rings. The summed E-state index contributed by atoms with van der Waals surface area (Å²) in [5, 5.41) is 20.2. The predicted molar refractivity (Wildman–Crippen MR) is 78.5 cm³/mol. The van der Waals surface area contributed by atoms with Crippen LogP contribution in [0.3, 0.4) is 0 Å². The largest absolute Gasteiger partial charge is 0.480 e. The molecule has 0 bridgehead atoms. The molecule has 110 valence electrons. The number of carboxylic acids is 1. The SMILES string of the molecule is O=C(O)C1(NCc2nnc(-c3ccc(Br)cc3)o2)CCC1. The Balaban J connectivity index is 1.68. The number of nitrogens with zero attached hydrogens (tertiary/aromatic N) is 2. The zero-order valence-corrected chi connectivity index (χ0v) is 12.8. The van der Waals surface area contributed by atoms with Gasteiger partial charge in [-0.2, -0.15) is 0 Å². The molecule has 0 aliphatic heterocycles. The van der Waals surface area contributed by atoms with E-state index in [-0.39, 0.29) is 6.54 Å². The smallest absolute Gasteiger partial charge is 0.323 e. The molecule has 0 unspecified atom stereocenters. The molecule has 2 aromatic rings. The Kier molecular flexibility index (Phi) is 3.77. The molecule has 1 saturated carbocycles. The lowest BCUT2D eigenvalue weighted by Crippen LogP contribution is -2.56. The summed E-state index contributed by atoms with van der Waals surface area (Å²) in [5.74, 6) is -0.000809. The number of halogens is 1. The second-order valence-electron chi connectivity index (χ2n) is 5.10. The Morgan fingerprint density at radius 1 is 1.33 bits per heavy atom. The fraction of sp³-hybridized carbons (Fsp3) is 0.357. The van der Waals surface area contributed by atoms with E-state index in [0.29, 0.717) is 24.6 Å². The van der Waals surface area contributed by atoms with Crippen molar-refractivity contribution in [2.75, 3.05) is 0 Å². The van der Waals surface area contributed by atoms with Gasteiger partial charge < -0.3 is 9.52 Å². The molecule has 1 aromatic carbocycles. The predicted octanol–water partition coefficient (Wildman–Crippen LogP) is 2.60. The van der Waals surface area contributed by atoms with Gasteiger partial charge in [-0.1, -0.05) is 15.9 Å². The molecule has 1 fully saturated rings. The maximum atomic E-state index is 11.2. The average molecular weight is 352 g/mol. The maximum absolute atomic E-state index is 11.2. The zero-order chi connectivity index (χ0) is 14.9. The summed E-state index contributed by atoms with van der Waals surface area (Å²) in [6.45, 7) is 0.260. The van der Waals surface area contributed by atoms with E-state index in [1.807, 2.05) is 24.3 Å². The average Bonchev–Trinajstić information content (AvgIpc) is 2.87. The first kappa shape index (κ1) is 14.2. The zero-order valence-electron chi connectivity index (χ0n) is 11.2. The molecule has 0 radical (unpaired) electrons. The minimum atomic E-state index is -0.827. The molecule has 0 atom stereocenters. The van der Waals surface area contributed by atoms with Crippen molar-refractivity contribution in [1.29, 1.82) is 0 Å². The molecular formula is C14H14BrN3O3. The molecule has 0 amide bonds. The summed E-state index contributed by atoms with van der Waals surface area (Å²) in [6.07, 6.45) is 2.19. The fourth-order valence-corrected chi connectivity index (χ4v) is 2.54. The van der Waals surface area contributed by atoms with Crippen LogP contribution in [0.2, 0.25) is 0 Å². The van der Waals surface area contributed by atoms with E-state index in [0.717, 1.165) is 16.5 Å². The third-order valence-corrected chi connectivity index (χ3v) is 4.28. The van der Waals surface area contributed by atoms with Gasteiger partial charge in [0.05, 0.1) is 6.54 Å². The van der Waals surface area contributed by atoms with Crippen LogP contribution in [0.4, 0.5) is 0 Å². The molecule has 0 spiro atoms. The molecule has 3 rings (SSSR count). The molecular weight excluding hydrogens is 338 g/mol. The van der Waals surface area contributed by atoms with Crippen LogP contribution in [0.1, 0.15) is 25.2 Å². The second-order valence-corrected chi connectivity index (χ2v) is 6.02. The van der Waals surface area contributed by atoms with Gasteiger partial charge in [0.1, 0.15) is 5.54 Å². The van der Waals surface area contributed by atoms with Crippen LogP contribution >= 0.6 is 15.9 Å². The van der Waals surface area contributed by atoms with Crippen molar-refractivity contribution in [3.8, 4) is 11.5 Å². The van der Waals surface area contributed by atoms with E-state index in [1.165, 1.54) is 0 Å². The normalized spacial score (nSPS) is 16.4. The Hall–Kier alpha value is -1.73. The van der Waals surface area contributed by atoms with Crippen LogP contribution in [0.15, 0.2) is 33.2 Å². The molecule has 1 aliphatic carbocycles. The molecule has 1 heterocycles. The first-order valence-electron chi connectivity index (χ1n) is 6.66. The summed E-state index contributed by atoms with van der Waals surface area (Å²) < 4.78 is 6.53. The number of benzene rings is 1. The highest BCUT2D eigenvalue weighted by Gasteiger charge is 2.44. The molecule has 21 heavy (non-hydrogen) atoms. The lowest BCUT2D eigenvalue weighted by atomic mass is 9.77. The van der Waals surface area contributed by atoms with Crippen molar-refractivity contribution >= 4 is 21.9 Å². The van der Waals surface area contributed by atoms with Crippen molar-refractivity contribution < 1.29 is 14.3 Å². The van der Waals surface area contributed by atoms with Crippen molar-refractivity contribution in [2.24, 2.45) is 0 Å². The first-order chi connectivity index (χ1) is 10.1. The van der Waals surface area contributed by atoms with Crippen molar-refractivity contribution in [2.45, 2.75) is 31.3 Å². The van der Waals surface area contributed by atoms with Gasteiger partial charge in [-0.3, -0.25) is 10.1 Å². The molecule has 6 nitrogen and oxygen atoms in total. The molecule has 2 N–H and O–H groups in total. The van der Waals surface area contributed by atoms with Crippen molar-refractivity contribution in [3.63, 3.8) is 0 Å². The Morgan fingerprint density at radius 3 is 2.62 bits per heavy atom. The number of carbonyl (C=O) groups is 1. The van der Waals surface area contributed by atoms with Gasteiger partial charge in [0.25, 0.3) is 0 Å². The van der Waals surface area contributed by atoms with Gasteiger partial charge in [0.2, 0.25) is 11.8 Å². The quantitative estimate of drug-likeness (QED) is 0.860. The number of carboxylic acid groups (broad SMARTS) is 1. The minimum Gasteiger partial charge on any atom is -0.480 e.